The Labute approximate surface area is 348 Å². The molecule has 1 aliphatic rings. The van der Waals surface area contributed by atoms with Crippen LogP contribution in [0.25, 0.3) is 12.2 Å². The summed E-state index contributed by atoms with van der Waals surface area (Å²) >= 11 is 0. The number of hydrazine groups is 1. The van der Waals surface area contributed by atoms with E-state index in [4.69, 9.17) is 36.1 Å². The first-order valence-electron chi connectivity index (χ1n) is 19.4. The number of hydrogen-bond acceptors (Lipinski definition) is 14. The first-order valence-corrected chi connectivity index (χ1v) is 19.4. The fourth-order valence-corrected chi connectivity index (χ4v) is 6.44. The molecule has 0 aromatic heterocycles. The molecule has 21 nitrogen and oxygen atoms in total. The molecule has 0 bridgehead atoms. The van der Waals surface area contributed by atoms with E-state index in [2.05, 4.69) is 20.9 Å². The van der Waals surface area contributed by atoms with Gasteiger partial charge in [-0.2, -0.15) is 0 Å². The van der Waals surface area contributed by atoms with E-state index in [-0.39, 0.29) is 44.5 Å². The largest absolute Gasteiger partial charge is 0.495 e. The van der Waals surface area contributed by atoms with Crippen LogP contribution in [0.1, 0.15) is 63.0 Å². The molecule has 2 aromatic carbocycles. The number of aliphatic imine (C=N–C) groups is 1. The van der Waals surface area contributed by atoms with Crippen LogP contribution < -0.4 is 57.5 Å². The molecule has 0 radical (unpaired) electrons. The molecular formula is C39H58N10O11. The van der Waals surface area contributed by atoms with E-state index in [1.54, 1.807) is 41.8 Å². The van der Waals surface area contributed by atoms with Gasteiger partial charge in [0.15, 0.2) is 16.5 Å². The minimum Gasteiger partial charge on any atom is -0.495 e. The van der Waals surface area contributed by atoms with Crippen LogP contribution in [0.3, 0.4) is 0 Å². The van der Waals surface area contributed by atoms with Crippen LogP contribution in [0.4, 0.5) is 5.69 Å². The van der Waals surface area contributed by atoms with E-state index in [0.717, 1.165) is 5.56 Å². The molecule has 0 aliphatic carbocycles. The first-order chi connectivity index (χ1) is 28.7. The summed E-state index contributed by atoms with van der Waals surface area (Å²) in [6.45, 7) is 1.91. The minimum absolute atomic E-state index is 0.0194. The highest BCUT2D eigenvalue weighted by Gasteiger charge is 2.39. The molecule has 1 aliphatic heterocycles. The average Bonchev–Trinajstić information content (AvgIpc) is 3.72. The Bertz CT molecular complexity index is 1830. The standard InChI is InChI=1S/C39H58N10O11/c1-23(50)33(41)37(53)45-27(10-6-7-17-40)38(54)48-19-9-12-29(48)36(52)44-26(11-8-18-43-39(42)47-49(55)56)35(51)46-28-20-24(15-16-30(28)57-2)13-14-25-21-31(58-3)34(60-5)32(22-25)59-4/h13-16,20-23,26-27,29,33,50H,6-12,17-19,40-41H2,1-5H3,(H,44,52)(H,45,53)(H,46,51)(H3,42,43,47)/b14-13-/t23-,26+,27+,29+,33+/m1/s1. The first kappa shape index (κ1) is 48.2. The lowest BCUT2D eigenvalue weighted by Gasteiger charge is -2.30. The van der Waals surface area contributed by atoms with Gasteiger partial charge in [-0.1, -0.05) is 23.6 Å². The van der Waals surface area contributed by atoms with E-state index in [9.17, 15) is 34.4 Å². The highest BCUT2D eigenvalue weighted by molar-refractivity contribution is 6.00. The Morgan fingerprint density at radius 1 is 0.933 bits per heavy atom. The Balaban J connectivity index is 1.88. The van der Waals surface area contributed by atoms with Gasteiger partial charge in [-0.15, -0.1) is 0 Å². The molecular weight excluding hydrogens is 784 g/mol. The normalized spacial score (nSPS) is 16.0. The van der Waals surface area contributed by atoms with Crippen LogP contribution >= 0.6 is 0 Å². The van der Waals surface area contributed by atoms with Gasteiger partial charge >= 0.3 is 0 Å². The Morgan fingerprint density at radius 2 is 1.58 bits per heavy atom. The van der Waals surface area contributed by atoms with Gasteiger partial charge in [0.05, 0.1) is 40.2 Å². The number of rotatable bonds is 23. The van der Waals surface area contributed by atoms with Crippen molar-refractivity contribution >= 4 is 47.4 Å². The number of nitrogens with two attached hydrogens (primary N) is 3. The van der Waals surface area contributed by atoms with Gasteiger partial charge in [0.25, 0.3) is 5.96 Å². The van der Waals surface area contributed by atoms with Crippen LogP contribution in [0.2, 0.25) is 0 Å². The minimum atomic E-state index is -1.28. The zero-order valence-corrected chi connectivity index (χ0v) is 34.6. The van der Waals surface area contributed by atoms with Crippen LogP contribution in [-0.2, 0) is 19.2 Å². The van der Waals surface area contributed by atoms with Gasteiger partial charge < -0.3 is 62.1 Å². The second-order valence-electron chi connectivity index (χ2n) is 13.9. The number of carbonyl (C=O) groups excluding carboxylic acids is 4. The number of hydrogen-bond donors (Lipinski definition) is 8. The van der Waals surface area contributed by atoms with Gasteiger partial charge in [-0.3, -0.25) is 19.2 Å². The second kappa shape index (κ2) is 24.0. The maximum absolute atomic E-state index is 14.0. The molecule has 5 atom stereocenters. The number of likely N-dealkylation sites (tertiary alicyclic amines) is 1. The van der Waals surface area contributed by atoms with Crippen molar-refractivity contribution in [1.29, 1.82) is 0 Å². The van der Waals surface area contributed by atoms with Crippen LogP contribution in [0, 0.1) is 10.1 Å². The molecule has 0 unspecified atom stereocenters. The molecule has 1 heterocycles. The molecule has 2 aromatic rings. The quantitative estimate of drug-likeness (QED) is 0.0189. The summed E-state index contributed by atoms with van der Waals surface area (Å²) < 4.78 is 21.9. The van der Waals surface area contributed by atoms with Crippen molar-refractivity contribution in [2.45, 2.75) is 82.1 Å². The number of anilines is 1. The molecule has 1 saturated heterocycles. The summed E-state index contributed by atoms with van der Waals surface area (Å²) in [5.41, 5.74) is 20.5. The van der Waals surface area contributed by atoms with Gasteiger partial charge in [0.2, 0.25) is 29.4 Å². The molecule has 60 heavy (non-hydrogen) atoms. The molecule has 0 spiro atoms. The van der Waals surface area contributed by atoms with Crippen molar-refractivity contribution in [3.05, 3.63) is 51.6 Å². The Morgan fingerprint density at radius 3 is 2.18 bits per heavy atom. The zero-order chi connectivity index (χ0) is 44.4. The van der Waals surface area contributed by atoms with Crippen molar-refractivity contribution in [3.63, 3.8) is 0 Å². The fourth-order valence-electron chi connectivity index (χ4n) is 6.44. The molecule has 0 saturated carbocycles. The van der Waals surface area contributed by atoms with Gasteiger partial charge in [-0.05, 0) is 93.8 Å². The predicted octanol–water partition coefficient (Wildman–Crippen LogP) is 0.504. The van der Waals surface area contributed by atoms with Gasteiger partial charge in [-0.25, -0.2) is 15.1 Å². The summed E-state index contributed by atoms with van der Waals surface area (Å²) in [6.07, 6.45) is 4.68. The molecule has 21 heteroatoms. The van der Waals surface area contributed by atoms with Crippen molar-refractivity contribution in [2.75, 3.05) is 53.4 Å². The third-order valence-electron chi connectivity index (χ3n) is 9.63. The van der Waals surface area contributed by atoms with E-state index in [0.29, 0.717) is 54.4 Å². The number of nitro groups is 1. The van der Waals surface area contributed by atoms with E-state index in [1.807, 2.05) is 6.08 Å². The van der Waals surface area contributed by atoms with Gasteiger partial charge in [0.1, 0.15) is 29.9 Å². The molecule has 1 fully saturated rings. The number of nitrogens with one attached hydrogen (secondary N) is 4. The smallest absolute Gasteiger partial charge is 0.251 e. The van der Waals surface area contributed by atoms with E-state index >= 15 is 0 Å². The summed E-state index contributed by atoms with van der Waals surface area (Å²) in [4.78, 5) is 70.8. The van der Waals surface area contributed by atoms with E-state index < -0.39 is 64.9 Å². The lowest BCUT2D eigenvalue weighted by Crippen LogP contribution is -2.58. The van der Waals surface area contributed by atoms with Gasteiger partial charge in [0, 0.05) is 13.1 Å². The number of nitrogens with zero attached hydrogens (tertiary/aromatic N) is 3. The van der Waals surface area contributed by atoms with Crippen molar-refractivity contribution in [3.8, 4) is 23.0 Å². The lowest BCUT2D eigenvalue weighted by molar-refractivity contribution is -0.525. The SMILES string of the molecule is COc1ccc(/C=C\c2cc(OC)c(OC)c(OC)c2)cc1NC(=O)[C@H](CCCN=C(N)N[N+](=O)[O-])NC(=O)[C@@H]1CCCN1C(=O)[C@H](CCCCN)NC(=O)[C@@H](N)[C@@H](C)O. The molecule has 4 amide bonds. The molecule has 11 N–H and O–H groups in total. The Kier molecular flexibility index (Phi) is 19.3. The molecule has 330 valence electrons. The van der Waals surface area contributed by atoms with E-state index in [1.165, 1.54) is 40.3 Å². The zero-order valence-electron chi connectivity index (χ0n) is 34.6. The topological polar surface area (TPSA) is 310 Å². The Hall–Kier alpha value is -6.19. The fraction of sp³-hybridized carbons (Fsp3) is 0.513. The average molecular weight is 843 g/mol. The number of aliphatic hydroxyl groups is 1. The predicted molar refractivity (Wildman–Crippen MR) is 224 cm³/mol. The monoisotopic (exact) mass is 842 g/mol. The second-order valence-corrected chi connectivity index (χ2v) is 13.9. The van der Waals surface area contributed by atoms with Crippen LogP contribution in [0.5, 0.6) is 23.0 Å². The number of guanidine groups is 1. The lowest BCUT2D eigenvalue weighted by atomic mass is 10.0. The van der Waals surface area contributed by atoms with Crippen LogP contribution in [0.15, 0.2) is 35.3 Å². The maximum Gasteiger partial charge on any atom is 0.251 e. The summed E-state index contributed by atoms with van der Waals surface area (Å²) in [6, 6.07) is 4.18. The van der Waals surface area contributed by atoms with Crippen molar-refractivity contribution in [2.24, 2.45) is 22.2 Å². The number of ether oxygens (including phenoxy) is 4. The summed E-state index contributed by atoms with van der Waals surface area (Å²) in [5, 5.41) is 28.0. The number of amides is 4. The summed E-state index contributed by atoms with van der Waals surface area (Å²) in [5.74, 6) is -1.21. The van der Waals surface area contributed by atoms with Crippen molar-refractivity contribution in [1.82, 2.24) is 21.0 Å². The number of benzene rings is 2. The number of methoxy groups -OCH3 is 4. The maximum atomic E-state index is 14.0. The molecule has 3 rings (SSSR count). The summed E-state index contributed by atoms with van der Waals surface area (Å²) in [7, 11) is 5.97. The third kappa shape index (κ3) is 14.0. The van der Waals surface area contributed by atoms with Crippen LogP contribution in [-0.4, -0.2) is 123 Å². The number of unbranched alkanes of at least 4 members (excludes halogenated alkanes) is 1. The third-order valence-corrected chi connectivity index (χ3v) is 9.63. The number of aliphatic hydroxyl groups excluding tert-OH is 1. The number of carbonyl (C=O) groups is 4. The highest BCUT2D eigenvalue weighted by Crippen LogP contribution is 2.39. The van der Waals surface area contributed by atoms with Crippen molar-refractivity contribution < 1.29 is 48.3 Å². The highest BCUT2D eigenvalue weighted by atomic mass is 16.7.